The smallest absolute Gasteiger partial charge is 0.256 e. The van der Waals surface area contributed by atoms with Crippen LogP contribution in [0.2, 0.25) is 0 Å². The number of aldehydes is 1. The molecule has 2 N–H and O–H groups in total. The molecule has 1 heterocycles. The molecule has 6 rings (SSSR count). The molecule has 4 heteroatoms. The average molecular weight is 614 g/mol. The predicted octanol–water partition coefficient (Wildman–Crippen LogP) is 10.4. The number of amides is 1. The molecular formula is C42H47NO3. The van der Waals surface area contributed by atoms with Gasteiger partial charge in [-0.3, -0.25) is 9.59 Å². The third-order valence-electron chi connectivity index (χ3n) is 8.64. The molecule has 4 aliphatic carbocycles. The molecule has 0 unspecified atom stereocenters. The highest BCUT2D eigenvalue weighted by molar-refractivity contribution is 6.35. The fourth-order valence-corrected chi connectivity index (χ4v) is 6.13. The number of aryl methyl sites for hydroxylation is 4. The molecule has 1 aliphatic heterocycles. The third kappa shape index (κ3) is 7.13. The molecule has 1 amide bonds. The summed E-state index contributed by atoms with van der Waals surface area (Å²) >= 11 is 0. The van der Waals surface area contributed by atoms with E-state index in [0.29, 0.717) is 11.8 Å². The van der Waals surface area contributed by atoms with Gasteiger partial charge in [-0.1, -0.05) is 88.4 Å². The number of fused-ring (bicyclic) bond motifs is 3. The van der Waals surface area contributed by atoms with Gasteiger partial charge < -0.3 is 10.4 Å². The highest BCUT2D eigenvalue weighted by Gasteiger charge is 2.25. The average Bonchev–Trinajstić information content (AvgIpc) is 3.50. The minimum Gasteiger partial charge on any atom is -0.397 e. The van der Waals surface area contributed by atoms with Gasteiger partial charge in [0.15, 0.2) is 6.29 Å². The molecule has 0 bridgehead atoms. The quantitative estimate of drug-likeness (QED) is 0.157. The van der Waals surface area contributed by atoms with E-state index in [1.807, 2.05) is 36.4 Å². The number of anilines is 1. The van der Waals surface area contributed by atoms with Crippen molar-refractivity contribution in [3.8, 4) is 22.3 Å². The Bertz CT molecular complexity index is 1840. The summed E-state index contributed by atoms with van der Waals surface area (Å²) in [5.74, 6) is 0.951. The third-order valence-corrected chi connectivity index (χ3v) is 8.64. The van der Waals surface area contributed by atoms with E-state index in [2.05, 4.69) is 103 Å². The Balaban J connectivity index is 0.000000207. The van der Waals surface area contributed by atoms with Crippen LogP contribution in [0.4, 0.5) is 5.69 Å². The summed E-state index contributed by atoms with van der Waals surface area (Å²) in [6, 6.07) is 25.3. The van der Waals surface area contributed by atoms with Crippen LogP contribution in [0.25, 0.3) is 33.9 Å². The Labute approximate surface area is 274 Å². The van der Waals surface area contributed by atoms with Crippen molar-refractivity contribution in [2.45, 2.75) is 74.1 Å². The summed E-state index contributed by atoms with van der Waals surface area (Å²) in [5.41, 5.74) is 16.8. The van der Waals surface area contributed by atoms with Crippen LogP contribution in [0.5, 0.6) is 0 Å². The second kappa shape index (κ2) is 14.7. The van der Waals surface area contributed by atoms with Crippen LogP contribution in [0, 0.1) is 27.7 Å². The van der Waals surface area contributed by atoms with E-state index in [-0.39, 0.29) is 12.5 Å². The molecule has 46 heavy (non-hydrogen) atoms. The second-order valence-electron chi connectivity index (χ2n) is 12.8. The van der Waals surface area contributed by atoms with Crippen molar-refractivity contribution in [3.05, 3.63) is 123 Å². The van der Waals surface area contributed by atoms with Gasteiger partial charge in [-0.25, -0.2) is 0 Å². The number of rotatable bonds is 4. The Hall–Kier alpha value is -4.54. The fourth-order valence-electron chi connectivity index (χ4n) is 6.13. The molecule has 238 valence electrons. The van der Waals surface area contributed by atoms with Gasteiger partial charge in [0, 0.05) is 29.0 Å². The van der Waals surface area contributed by atoms with E-state index in [1.54, 1.807) is 6.92 Å². The van der Waals surface area contributed by atoms with Gasteiger partial charge in [0.05, 0.1) is 0 Å². The van der Waals surface area contributed by atoms with Crippen molar-refractivity contribution >= 4 is 29.5 Å². The summed E-state index contributed by atoms with van der Waals surface area (Å²) in [4.78, 5) is 23.6. The van der Waals surface area contributed by atoms with Gasteiger partial charge in [-0.15, -0.1) is 0 Å². The highest BCUT2D eigenvalue weighted by Crippen LogP contribution is 2.40. The largest absolute Gasteiger partial charge is 0.397 e. The maximum Gasteiger partial charge on any atom is 0.256 e. The summed E-state index contributed by atoms with van der Waals surface area (Å²) in [6.07, 6.45) is 3.00. The molecule has 5 aliphatic rings. The molecule has 0 fully saturated rings. The first kappa shape index (κ1) is 34.3. The Kier molecular flexibility index (Phi) is 11.0. The number of carbonyl (C=O) groups is 2. The number of hydrogen-bond acceptors (Lipinski definition) is 3. The van der Waals surface area contributed by atoms with Crippen LogP contribution < -0.4 is 5.32 Å². The normalized spacial score (nSPS) is 13.0. The van der Waals surface area contributed by atoms with Crippen molar-refractivity contribution in [3.63, 3.8) is 0 Å². The molecular weight excluding hydrogens is 566 g/mol. The van der Waals surface area contributed by atoms with Gasteiger partial charge in [0.2, 0.25) is 0 Å². The number of aliphatic hydroxyl groups is 1. The lowest BCUT2D eigenvalue weighted by atomic mass is 9.99. The lowest BCUT2D eigenvalue weighted by Gasteiger charge is -2.05. The summed E-state index contributed by atoms with van der Waals surface area (Å²) < 4.78 is 0. The molecule has 0 saturated carbocycles. The molecule has 0 radical (unpaired) electrons. The van der Waals surface area contributed by atoms with E-state index < -0.39 is 0 Å². The maximum atomic E-state index is 12.5. The molecule has 1 aromatic rings. The number of aliphatic hydroxyl groups excluding tert-OH is 1. The molecule has 0 saturated heterocycles. The highest BCUT2D eigenvalue weighted by atomic mass is 16.2. The Morgan fingerprint density at radius 1 is 0.674 bits per heavy atom. The van der Waals surface area contributed by atoms with E-state index in [0.717, 1.165) is 39.8 Å². The molecule has 4 nitrogen and oxygen atoms in total. The first-order valence-corrected chi connectivity index (χ1v) is 16.2. The number of benzene rings is 1. The fraction of sp³-hybridized carbons (Fsp3) is 0.286. The lowest BCUT2D eigenvalue weighted by Crippen LogP contribution is -2.03. The van der Waals surface area contributed by atoms with Gasteiger partial charge in [-0.2, -0.15) is 0 Å². The molecule has 0 atom stereocenters. The van der Waals surface area contributed by atoms with E-state index in [9.17, 15) is 9.59 Å². The monoisotopic (exact) mass is 613 g/mol. The summed E-state index contributed by atoms with van der Waals surface area (Å²) in [7, 11) is 0. The zero-order chi connectivity index (χ0) is 33.7. The topological polar surface area (TPSA) is 66.4 Å². The maximum absolute atomic E-state index is 12.5. The zero-order valence-corrected chi connectivity index (χ0v) is 28.7. The van der Waals surface area contributed by atoms with Crippen molar-refractivity contribution < 1.29 is 14.7 Å². The molecule has 0 spiro atoms. The van der Waals surface area contributed by atoms with Crippen LogP contribution in [0.3, 0.4) is 0 Å². The van der Waals surface area contributed by atoms with E-state index >= 15 is 0 Å². The van der Waals surface area contributed by atoms with Gasteiger partial charge in [0.25, 0.3) is 5.91 Å². The summed E-state index contributed by atoms with van der Waals surface area (Å²) in [5, 5.41) is 10.5. The van der Waals surface area contributed by atoms with Gasteiger partial charge in [-0.05, 0) is 126 Å². The minimum atomic E-state index is -0.0287. The minimum absolute atomic E-state index is 0.0287. The van der Waals surface area contributed by atoms with Crippen molar-refractivity contribution in [1.29, 1.82) is 0 Å². The van der Waals surface area contributed by atoms with E-state index in [4.69, 9.17) is 5.11 Å². The number of hydrogen-bond donors (Lipinski definition) is 2. The van der Waals surface area contributed by atoms with Crippen molar-refractivity contribution in [1.82, 2.24) is 0 Å². The van der Waals surface area contributed by atoms with Crippen molar-refractivity contribution in [2.75, 3.05) is 11.9 Å². The van der Waals surface area contributed by atoms with E-state index in [1.165, 1.54) is 50.1 Å². The number of nitrogens with one attached hydrogen (secondary N) is 1. The van der Waals surface area contributed by atoms with Crippen LogP contribution in [0.1, 0.15) is 101 Å². The van der Waals surface area contributed by atoms with Gasteiger partial charge >= 0.3 is 0 Å². The lowest BCUT2D eigenvalue weighted by molar-refractivity contribution is -0.110. The van der Waals surface area contributed by atoms with Crippen molar-refractivity contribution in [2.24, 2.45) is 0 Å². The Morgan fingerprint density at radius 2 is 1.15 bits per heavy atom. The first-order chi connectivity index (χ1) is 21.9. The van der Waals surface area contributed by atoms with Crippen LogP contribution in [-0.4, -0.2) is 23.9 Å². The molecule has 0 aromatic heterocycles. The zero-order valence-electron chi connectivity index (χ0n) is 28.7. The van der Waals surface area contributed by atoms with Crippen LogP contribution in [-0.2, 0) is 4.79 Å². The van der Waals surface area contributed by atoms with Crippen LogP contribution >= 0.6 is 0 Å². The summed E-state index contributed by atoms with van der Waals surface area (Å²) in [6.45, 7) is 19.2. The predicted molar refractivity (Wildman–Crippen MR) is 194 cm³/mol. The molecule has 1 aromatic carbocycles. The van der Waals surface area contributed by atoms with Gasteiger partial charge in [0.1, 0.15) is 0 Å². The standard InChI is InChI=1S/C24H23NO.C16H18O.C2H6O/c1-14(2)17-10-9-15(3)23-18(11-16(4)20(23)12-17)13-21-19-7-5-6-8-22(19)25-24(21)26;1-10(2)13-6-5-11(3)16-14(9-17)7-12(4)15(16)8-13;1-2-3/h5-14H,1-4H3,(H,25,26);5-10H,1-4H3;3H,2H2,1H3/b21-13+;;. The SMILES string of the molecule is CCO.Cc1cc(/C=C2/C(=O)Nc3ccccc32)c2c(C)ccc(C(C)C)cc1-2.Cc1cc(C=O)c2c(C)ccc(C(C)C)cc1-2. The number of carbonyl (C=O) groups excluding carboxylic acids is 2. The Morgan fingerprint density at radius 3 is 1.65 bits per heavy atom. The van der Waals surface area contributed by atoms with Crippen LogP contribution in [0.15, 0.2) is 72.8 Å². The number of para-hydroxylation sites is 1. The second-order valence-corrected chi connectivity index (χ2v) is 12.8. The first-order valence-electron chi connectivity index (χ1n) is 16.2.